The van der Waals surface area contributed by atoms with E-state index in [1.165, 1.54) is 24.0 Å². The number of hydrogen-bond donors (Lipinski definition) is 1. The van der Waals surface area contributed by atoms with Gasteiger partial charge in [0.2, 0.25) is 0 Å². The van der Waals surface area contributed by atoms with E-state index in [-0.39, 0.29) is 0 Å². The van der Waals surface area contributed by atoms with Crippen molar-refractivity contribution in [1.82, 2.24) is 4.98 Å². The van der Waals surface area contributed by atoms with Gasteiger partial charge in [0.05, 0.1) is 17.3 Å². The van der Waals surface area contributed by atoms with E-state index in [1.54, 1.807) is 18.4 Å². The van der Waals surface area contributed by atoms with E-state index in [9.17, 15) is 0 Å². The molecule has 0 saturated heterocycles. The number of hydrogen-bond acceptors (Lipinski definition) is 4. The Hall–Kier alpha value is -1.29. The van der Waals surface area contributed by atoms with Crippen molar-refractivity contribution in [2.75, 3.05) is 12.4 Å². The summed E-state index contributed by atoms with van der Waals surface area (Å²) in [5, 5.41) is 4.69. The molecular formula is C16H22N2OS. The number of nitrogens with one attached hydrogen (secondary N) is 1. The van der Waals surface area contributed by atoms with Crippen molar-refractivity contribution in [3.63, 3.8) is 0 Å². The summed E-state index contributed by atoms with van der Waals surface area (Å²) in [6.07, 6.45) is 3.89. The highest BCUT2D eigenvalue weighted by Crippen LogP contribution is 2.37. The average Bonchev–Trinajstić information content (AvgIpc) is 3.02. The molecule has 0 spiro atoms. The number of methoxy groups -OCH3 is 1. The summed E-state index contributed by atoms with van der Waals surface area (Å²) < 4.78 is 6.45. The van der Waals surface area contributed by atoms with Crippen LogP contribution in [0, 0.1) is 11.8 Å². The van der Waals surface area contributed by atoms with E-state index >= 15 is 0 Å². The fourth-order valence-electron chi connectivity index (χ4n) is 3.28. The Labute approximate surface area is 124 Å². The van der Waals surface area contributed by atoms with Crippen molar-refractivity contribution in [3.8, 4) is 5.75 Å². The monoisotopic (exact) mass is 290 g/mol. The molecule has 0 amide bonds. The molecule has 1 aliphatic carbocycles. The molecular weight excluding hydrogens is 268 g/mol. The highest BCUT2D eigenvalue weighted by molar-refractivity contribution is 7.22. The van der Waals surface area contributed by atoms with Crippen LogP contribution in [-0.4, -0.2) is 18.1 Å². The molecule has 1 N–H and O–H groups in total. The molecule has 1 fully saturated rings. The normalized spacial score (nSPS) is 26.1. The van der Waals surface area contributed by atoms with Gasteiger partial charge in [-0.25, -0.2) is 4.98 Å². The zero-order chi connectivity index (χ0) is 14.1. The first-order chi connectivity index (χ1) is 9.71. The van der Waals surface area contributed by atoms with Crippen LogP contribution in [0.15, 0.2) is 18.2 Å². The first-order valence-corrected chi connectivity index (χ1v) is 8.24. The van der Waals surface area contributed by atoms with Gasteiger partial charge in [0.15, 0.2) is 5.13 Å². The molecule has 108 valence electrons. The van der Waals surface area contributed by atoms with Gasteiger partial charge in [-0.2, -0.15) is 0 Å². The molecule has 3 nitrogen and oxygen atoms in total. The Bertz CT molecular complexity index is 595. The average molecular weight is 290 g/mol. The van der Waals surface area contributed by atoms with Crippen LogP contribution in [0.1, 0.15) is 33.1 Å². The number of benzene rings is 1. The third-order valence-electron chi connectivity index (χ3n) is 4.66. The zero-order valence-electron chi connectivity index (χ0n) is 12.3. The van der Waals surface area contributed by atoms with Gasteiger partial charge in [-0.15, -0.1) is 0 Å². The molecule has 20 heavy (non-hydrogen) atoms. The van der Waals surface area contributed by atoms with Gasteiger partial charge in [0.1, 0.15) is 5.75 Å². The molecule has 3 rings (SSSR count). The van der Waals surface area contributed by atoms with Crippen LogP contribution in [0.5, 0.6) is 5.75 Å². The quantitative estimate of drug-likeness (QED) is 0.897. The summed E-state index contributed by atoms with van der Waals surface area (Å²) in [6, 6.07) is 6.63. The molecule has 1 heterocycles. The Balaban J connectivity index is 1.78. The number of nitrogens with zero attached hydrogens (tertiary/aromatic N) is 1. The van der Waals surface area contributed by atoms with E-state index in [0.717, 1.165) is 28.2 Å². The predicted molar refractivity (Wildman–Crippen MR) is 85.8 cm³/mol. The van der Waals surface area contributed by atoms with Gasteiger partial charge in [0, 0.05) is 6.04 Å². The van der Waals surface area contributed by atoms with Gasteiger partial charge in [-0.05, 0) is 42.9 Å². The van der Waals surface area contributed by atoms with Crippen molar-refractivity contribution in [3.05, 3.63) is 18.2 Å². The van der Waals surface area contributed by atoms with Crippen LogP contribution in [0.4, 0.5) is 5.13 Å². The first-order valence-electron chi connectivity index (χ1n) is 7.42. The number of thiazole rings is 1. The van der Waals surface area contributed by atoms with Gasteiger partial charge < -0.3 is 10.1 Å². The van der Waals surface area contributed by atoms with Gasteiger partial charge >= 0.3 is 0 Å². The molecule has 0 radical (unpaired) electrons. The lowest BCUT2D eigenvalue weighted by Crippen LogP contribution is -2.24. The molecule has 1 aromatic carbocycles. The largest absolute Gasteiger partial charge is 0.497 e. The van der Waals surface area contributed by atoms with E-state index in [0.29, 0.717) is 6.04 Å². The van der Waals surface area contributed by atoms with E-state index in [1.807, 2.05) is 12.1 Å². The minimum Gasteiger partial charge on any atom is -0.497 e. The SMILES string of the molecule is CCC1CCC(Nc2nc3ccc(OC)cc3s2)C1C. The van der Waals surface area contributed by atoms with E-state index in [2.05, 4.69) is 30.2 Å². The predicted octanol–water partition coefficient (Wildman–Crippen LogP) is 4.54. The maximum Gasteiger partial charge on any atom is 0.184 e. The van der Waals surface area contributed by atoms with Crippen LogP contribution < -0.4 is 10.1 Å². The van der Waals surface area contributed by atoms with Crippen molar-refractivity contribution in [2.24, 2.45) is 11.8 Å². The number of ether oxygens (including phenoxy) is 1. The second-order valence-corrected chi connectivity index (χ2v) is 6.74. The van der Waals surface area contributed by atoms with Gasteiger partial charge in [-0.3, -0.25) is 0 Å². The van der Waals surface area contributed by atoms with E-state index < -0.39 is 0 Å². The summed E-state index contributed by atoms with van der Waals surface area (Å²) in [5.74, 6) is 2.50. The maximum absolute atomic E-state index is 5.27. The number of fused-ring (bicyclic) bond motifs is 1. The molecule has 1 aromatic heterocycles. The smallest absolute Gasteiger partial charge is 0.184 e. The van der Waals surface area contributed by atoms with E-state index in [4.69, 9.17) is 4.74 Å². The Morgan fingerprint density at radius 3 is 2.95 bits per heavy atom. The highest BCUT2D eigenvalue weighted by atomic mass is 32.1. The van der Waals surface area contributed by atoms with Crippen molar-refractivity contribution in [1.29, 1.82) is 0 Å². The third kappa shape index (κ3) is 2.49. The van der Waals surface area contributed by atoms with Crippen molar-refractivity contribution >= 4 is 26.7 Å². The summed E-state index contributed by atoms with van der Waals surface area (Å²) in [4.78, 5) is 4.69. The number of rotatable bonds is 4. The third-order valence-corrected chi connectivity index (χ3v) is 5.60. The van der Waals surface area contributed by atoms with Crippen molar-refractivity contribution in [2.45, 2.75) is 39.2 Å². The van der Waals surface area contributed by atoms with Gasteiger partial charge in [0.25, 0.3) is 0 Å². The number of anilines is 1. The highest BCUT2D eigenvalue weighted by Gasteiger charge is 2.31. The molecule has 1 saturated carbocycles. The maximum atomic E-state index is 5.27. The van der Waals surface area contributed by atoms with Crippen LogP contribution in [0.25, 0.3) is 10.2 Å². The summed E-state index contributed by atoms with van der Waals surface area (Å²) in [7, 11) is 1.70. The topological polar surface area (TPSA) is 34.2 Å². The summed E-state index contributed by atoms with van der Waals surface area (Å²) in [6.45, 7) is 4.67. The van der Waals surface area contributed by atoms with Crippen LogP contribution >= 0.6 is 11.3 Å². The molecule has 3 unspecified atom stereocenters. The standard InChI is InChI=1S/C16H22N2OS/c1-4-11-5-7-13(10(11)2)17-16-18-14-8-6-12(19-3)9-15(14)20-16/h6,8-11,13H,4-5,7H2,1-3H3,(H,17,18). The fraction of sp³-hybridized carbons (Fsp3) is 0.562. The minimum atomic E-state index is 0.572. The second-order valence-electron chi connectivity index (χ2n) is 5.71. The molecule has 1 aliphatic rings. The lowest BCUT2D eigenvalue weighted by atomic mass is 9.94. The van der Waals surface area contributed by atoms with Crippen LogP contribution in [0.2, 0.25) is 0 Å². The lowest BCUT2D eigenvalue weighted by molar-refractivity contribution is 0.392. The molecule has 0 bridgehead atoms. The van der Waals surface area contributed by atoms with Crippen LogP contribution in [0.3, 0.4) is 0 Å². The molecule has 4 heteroatoms. The Kier molecular flexibility index (Phi) is 3.83. The van der Waals surface area contributed by atoms with Crippen molar-refractivity contribution < 1.29 is 4.74 Å². The Morgan fingerprint density at radius 1 is 1.40 bits per heavy atom. The fourth-order valence-corrected chi connectivity index (χ4v) is 4.24. The van der Waals surface area contributed by atoms with Gasteiger partial charge in [-0.1, -0.05) is 31.6 Å². The first kappa shape index (κ1) is 13.7. The summed E-state index contributed by atoms with van der Waals surface area (Å²) in [5.41, 5.74) is 1.05. The molecule has 2 aromatic rings. The molecule has 3 atom stereocenters. The Morgan fingerprint density at radius 2 is 2.25 bits per heavy atom. The summed E-state index contributed by atoms with van der Waals surface area (Å²) >= 11 is 1.72. The van der Waals surface area contributed by atoms with Crippen LogP contribution in [-0.2, 0) is 0 Å². The lowest BCUT2D eigenvalue weighted by Gasteiger charge is -2.20. The molecule has 0 aliphatic heterocycles. The number of aromatic nitrogens is 1. The zero-order valence-corrected chi connectivity index (χ0v) is 13.2. The second kappa shape index (κ2) is 5.60. The minimum absolute atomic E-state index is 0.572.